The number of aryl methyl sites for hydroxylation is 1. The van der Waals surface area contributed by atoms with Crippen molar-refractivity contribution in [1.82, 2.24) is 14.5 Å². The number of carbonyl (C=O) groups excluding carboxylic acids is 1. The summed E-state index contributed by atoms with van der Waals surface area (Å²) in [6.45, 7) is 2.02. The molecule has 1 N–H and O–H groups in total. The fourth-order valence-corrected chi connectivity index (χ4v) is 3.35. The van der Waals surface area contributed by atoms with Gasteiger partial charge in [-0.3, -0.25) is 14.7 Å². The van der Waals surface area contributed by atoms with Crippen LogP contribution in [0.2, 0.25) is 5.15 Å². The second-order valence-corrected chi connectivity index (χ2v) is 6.97. The maximum atomic E-state index is 12.5. The summed E-state index contributed by atoms with van der Waals surface area (Å²) in [6, 6.07) is 11.9. The van der Waals surface area contributed by atoms with Gasteiger partial charge in [0.1, 0.15) is 10.7 Å². The highest BCUT2D eigenvalue weighted by molar-refractivity contribution is 6.29. The first-order valence-corrected chi connectivity index (χ1v) is 8.88. The zero-order valence-corrected chi connectivity index (χ0v) is 14.8. The van der Waals surface area contributed by atoms with Gasteiger partial charge in [0.25, 0.3) is 0 Å². The van der Waals surface area contributed by atoms with Crippen molar-refractivity contribution in [2.24, 2.45) is 0 Å². The van der Waals surface area contributed by atoms with Gasteiger partial charge in [0.2, 0.25) is 11.9 Å². The van der Waals surface area contributed by atoms with Gasteiger partial charge in [-0.2, -0.15) is 0 Å². The van der Waals surface area contributed by atoms with Gasteiger partial charge in [-0.25, -0.2) is 9.97 Å². The summed E-state index contributed by atoms with van der Waals surface area (Å²) in [5.74, 6) is 0.486. The molecule has 0 unspecified atom stereocenters. The summed E-state index contributed by atoms with van der Waals surface area (Å²) >= 11 is 6.05. The third kappa shape index (κ3) is 3.24. The van der Waals surface area contributed by atoms with E-state index >= 15 is 0 Å². The SMILES string of the molecule is Cc1cccc(CC(=O)Nc2nc3ccc(Cl)nc3n2C2CCC2)c1. The predicted molar refractivity (Wildman–Crippen MR) is 98.9 cm³/mol. The molecule has 0 aliphatic heterocycles. The Hall–Kier alpha value is -2.40. The van der Waals surface area contributed by atoms with Gasteiger partial charge in [0.15, 0.2) is 5.65 Å². The zero-order chi connectivity index (χ0) is 17.4. The van der Waals surface area contributed by atoms with Crippen LogP contribution in [-0.2, 0) is 11.2 Å². The second-order valence-electron chi connectivity index (χ2n) is 6.58. The van der Waals surface area contributed by atoms with Crippen LogP contribution in [0.3, 0.4) is 0 Å². The molecule has 0 saturated heterocycles. The summed E-state index contributed by atoms with van der Waals surface area (Å²) in [5.41, 5.74) is 3.63. The van der Waals surface area contributed by atoms with Crippen molar-refractivity contribution in [2.75, 3.05) is 5.32 Å². The number of aromatic nitrogens is 3. The molecule has 128 valence electrons. The number of nitrogens with one attached hydrogen (secondary N) is 1. The van der Waals surface area contributed by atoms with E-state index in [1.165, 1.54) is 6.42 Å². The first-order valence-electron chi connectivity index (χ1n) is 8.50. The Balaban J connectivity index is 1.63. The highest BCUT2D eigenvalue weighted by atomic mass is 35.5. The molecule has 0 radical (unpaired) electrons. The second kappa shape index (κ2) is 6.48. The van der Waals surface area contributed by atoms with E-state index in [1.807, 2.05) is 41.8 Å². The van der Waals surface area contributed by atoms with Crippen LogP contribution < -0.4 is 5.32 Å². The van der Waals surface area contributed by atoms with Crippen LogP contribution in [0.4, 0.5) is 5.95 Å². The maximum Gasteiger partial charge on any atom is 0.231 e. The molecule has 3 aromatic rings. The smallest absolute Gasteiger partial charge is 0.231 e. The van der Waals surface area contributed by atoms with Crippen molar-refractivity contribution in [3.8, 4) is 0 Å². The third-order valence-corrected chi connectivity index (χ3v) is 4.85. The minimum Gasteiger partial charge on any atom is -0.296 e. The number of hydrogen-bond acceptors (Lipinski definition) is 3. The van der Waals surface area contributed by atoms with Crippen LogP contribution in [0.25, 0.3) is 11.2 Å². The molecule has 1 saturated carbocycles. The van der Waals surface area contributed by atoms with Crippen LogP contribution in [0.1, 0.15) is 36.4 Å². The molecule has 25 heavy (non-hydrogen) atoms. The molecular weight excluding hydrogens is 336 g/mol. The predicted octanol–water partition coefficient (Wildman–Crippen LogP) is 4.30. The van der Waals surface area contributed by atoms with Gasteiger partial charge >= 0.3 is 0 Å². The molecule has 1 fully saturated rings. The Morgan fingerprint density at radius 2 is 2.12 bits per heavy atom. The van der Waals surface area contributed by atoms with E-state index in [0.717, 1.165) is 35.1 Å². The number of carbonyl (C=O) groups is 1. The van der Waals surface area contributed by atoms with Gasteiger partial charge in [0, 0.05) is 6.04 Å². The summed E-state index contributed by atoms with van der Waals surface area (Å²) in [5, 5.41) is 3.40. The van der Waals surface area contributed by atoms with Crippen LogP contribution in [0.5, 0.6) is 0 Å². The molecule has 6 heteroatoms. The fourth-order valence-electron chi connectivity index (χ4n) is 3.21. The molecule has 1 amide bonds. The van der Waals surface area contributed by atoms with E-state index in [4.69, 9.17) is 11.6 Å². The molecule has 1 aliphatic rings. The van der Waals surface area contributed by atoms with Crippen LogP contribution >= 0.6 is 11.6 Å². The lowest BCUT2D eigenvalue weighted by atomic mass is 9.93. The first-order chi connectivity index (χ1) is 12.1. The standard InChI is InChI=1S/C19H19ClN4O/c1-12-4-2-5-13(10-12)11-17(25)23-19-21-15-8-9-16(20)22-18(15)24(19)14-6-3-7-14/h2,4-5,8-10,14H,3,6-7,11H2,1H3,(H,21,23,25). The monoisotopic (exact) mass is 354 g/mol. The molecule has 0 spiro atoms. The minimum atomic E-state index is -0.0763. The number of anilines is 1. The lowest BCUT2D eigenvalue weighted by Gasteiger charge is -2.28. The number of rotatable bonds is 4. The normalized spacial score (nSPS) is 14.5. The van der Waals surface area contributed by atoms with E-state index in [9.17, 15) is 4.79 Å². The van der Waals surface area contributed by atoms with Crippen molar-refractivity contribution in [2.45, 2.75) is 38.6 Å². The van der Waals surface area contributed by atoms with Crippen molar-refractivity contribution in [1.29, 1.82) is 0 Å². The molecule has 5 nitrogen and oxygen atoms in total. The average Bonchev–Trinajstić information content (AvgIpc) is 2.83. The van der Waals surface area contributed by atoms with Crippen LogP contribution in [-0.4, -0.2) is 20.4 Å². The molecule has 0 bridgehead atoms. The zero-order valence-electron chi connectivity index (χ0n) is 14.0. The Labute approximate surface area is 151 Å². The lowest BCUT2D eigenvalue weighted by Crippen LogP contribution is -2.23. The van der Waals surface area contributed by atoms with Gasteiger partial charge < -0.3 is 0 Å². The largest absolute Gasteiger partial charge is 0.296 e. The topological polar surface area (TPSA) is 59.8 Å². The highest BCUT2D eigenvalue weighted by Crippen LogP contribution is 2.36. The molecule has 4 rings (SSSR count). The number of hydrogen-bond donors (Lipinski definition) is 1. The molecule has 1 aromatic carbocycles. The average molecular weight is 355 g/mol. The number of benzene rings is 1. The van der Waals surface area contributed by atoms with Crippen LogP contribution in [0.15, 0.2) is 36.4 Å². The number of imidazole rings is 1. The summed E-state index contributed by atoms with van der Waals surface area (Å²) in [6.07, 6.45) is 3.64. The van der Waals surface area contributed by atoms with Crippen molar-refractivity contribution < 1.29 is 4.79 Å². The van der Waals surface area contributed by atoms with E-state index < -0.39 is 0 Å². The van der Waals surface area contributed by atoms with E-state index in [2.05, 4.69) is 15.3 Å². The van der Waals surface area contributed by atoms with E-state index in [0.29, 0.717) is 23.6 Å². The number of pyridine rings is 1. The molecular formula is C19H19ClN4O. The Kier molecular flexibility index (Phi) is 4.17. The van der Waals surface area contributed by atoms with Crippen molar-refractivity contribution in [3.63, 3.8) is 0 Å². The number of amides is 1. The molecule has 2 heterocycles. The molecule has 2 aromatic heterocycles. The van der Waals surface area contributed by atoms with Crippen LogP contribution in [0, 0.1) is 6.92 Å². The minimum absolute atomic E-state index is 0.0763. The Bertz CT molecular complexity index is 946. The van der Waals surface area contributed by atoms with Gasteiger partial charge in [0.05, 0.1) is 6.42 Å². The maximum absolute atomic E-state index is 12.5. The Morgan fingerprint density at radius 3 is 2.84 bits per heavy atom. The number of halogens is 1. The van der Waals surface area contributed by atoms with Crippen molar-refractivity contribution in [3.05, 3.63) is 52.7 Å². The number of nitrogens with zero attached hydrogens (tertiary/aromatic N) is 3. The molecule has 0 atom stereocenters. The molecule has 1 aliphatic carbocycles. The van der Waals surface area contributed by atoms with Gasteiger partial charge in [-0.05, 0) is 43.9 Å². The third-order valence-electron chi connectivity index (χ3n) is 4.64. The summed E-state index contributed by atoms with van der Waals surface area (Å²) in [4.78, 5) is 21.5. The lowest BCUT2D eigenvalue weighted by molar-refractivity contribution is -0.115. The van der Waals surface area contributed by atoms with Crippen molar-refractivity contribution >= 4 is 34.6 Å². The fraction of sp³-hybridized carbons (Fsp3) is 0.316. The quantitative estimate of drug-likeness (QED) is 0.710. The van der Waals surface area contributed by atoms with E-state index in [-0.39, 0.29) is 5.91 Å². The van der Waals surface area contributed by atoms with E-state index in [1.54, 1.807) is 6.07 Å². The van der Waals surface area contributed by atoms with Gasteiger partial charge in [-0.1, -0.05) is 41.4 Å². The number of fused-ring (bicyclic) bond motifs is 1. The highest BCUT2D eigenvalue weighted by Gasteiger charge is 2.26. The first kappa shape index (κ1) is 16.1. The van der Waals surface area contributed by atoms with Gasteiger partial charge in [-0.15, -0.1) is 0 Å². The summed E-state index contributed by atoms with van der Waals surface area (Å²) < 4.78 is 2.03. The Morgan fingerprint density at radius 1 is 1.28 bits per heavy atom. The summed E-state index contributed by atoms with van der Waals surface area (Å²) in [7, 11) is 0.